The van der Waals surface area contributed by atoms with Crippen molar-refractivity contribution < 1.29 is 19.8 Å². The van der Waals surface area contributed by atoms with Gasteiger partial charge in [0.25, 0.3) is 0 Å². The molecule has 0 aliphatic heterocycles. The van der Waals surface area contributed by atoms with Crippen LogP contribution in [0.2, 0.25) is 0 Å². The first kappa shape index (κ1) is 12.2. The molecule has 0 aliphatic carbocycles. The van der Waals surface area contributed by atoms with Gasteiger partial charge >= 0.3 is 5.97 Å². The molecule has 0 aromatic carbocycles. The minimum Gasteiger partial charge on any atom is -0.480 e. The zero-order valence-electron chi connectivity index (χ0n) is 8.67. The molecule has 0 saturated carbocycles. The Hall–Kier alpha value is -1.89. The van der Waals surface area contributed by atoms with Crippen LogP contribution < -0.4 is 5.32 Å². The smallest absolute Gasteiger partial charge is 0.328 e. The lowest BCUT2D eigenvalue weighted by molar-refractivity contribution is -0.144. The van der Waals surface area contributed by atoms with Gasteiger partial charge in [-0.25, -0.2) is 4.79 Å². The minimum absolute atomic E-state index is 0.00347. The van der Waals surface area contributed by atoms with Gasteiger partial charge in [-0.05, 0) is 13.0 Å². The van der Waals surface area contributed by atoms with Crippen molar-refractivity contribution >= 4 is 11.9 Å². The van der Waals surface area contributed by atoms with Gasteiger partial charge < -0.3 is 15.5 Å². The zero-order chi connectivity index (χ0) is 12.1. The number of hydrogen-bond acceptors (Lipinski definition) is 4. The van der Waals surface area contributed by atoms with Gasteiger partial charge in [0.05, 0.1) is 12.5 Å². The molecule has 88 valence electrons. The van der Waals surface area contributed by atoms with E-state index in [1.807, 2.05) is 0 Å². The Labute approximate surface area is 91.5 Å². The lowest BCUT2D eigenvalue weighted by Crippen LogP contribution is -2.48. The van der Waals surface area contributed by atoms with Crippen LogP contribution in [0.15, 0.2) is 12.3 Å². The fourth-order valence-electron chi connectivity index (χ4n) is 1.17. The van der Waals surface area contributed by atoms with E-state index in [0.29, 0.717) is 5.69 Å². The van der Waals surface area contributed by atoms with Crippen LogP contribution >= 0.6 is 0 Å². The van der Waals surface area contributed by atoms with E-state index < -0.39 is 24.0 Å². The molecule has 7 heteroatoms. The average Bonchev–Trinajstić information content (AvgIpc) is 2.65. The summed E-state index contributed by atoms with van der Waals surface area (Å²) in [6.45, 7) is 1.30. The highest BCUT2D eigenvalue weighted by atomic mass is 16.4. The summed E-state index contributed by atoms with van der Waals surface area (Å²) < 4.78 is 0. The Morgan fingerprint density at radius 1 is 1.62 bits per heavy atom. The Balaban J connectivity index is 2.52. The Bertz CT molecular complexity index is 361. The van der Waals surface area contributed by atoms with Crippen molar-refractivity contribution in [2.75, 3.05) is 0 Å². The van der Waals surface area contributed by atoms with Crippen LogP contribution in [0, 0.1) is 0 Å². The monoisotopic (exact) mass is 227 g/mol. The second-order valence-electron chi connectivity index (χ2n) is 3.38. The van der Waals surface area contributed by atoms with Crippen LogP contribution in [0.1, 0.15) is 12.6 Å². The van der Waals surface area contributed by atoms with Gasteiger partial charge in [-0.3, -0.25) is 9.89 Å². The number of hydrogen-bond donors (Lipinski definition) is 4. The molecule has 0 saturated heterocycles. The number of aromatic nitrogens is 2. The molecule has 7 nitrogen and oxygen atoms in total. The third kappa shape index (κ3) is 3.35. The van der Waals surface area contributed by atoms with Crippen LogP contribution in [0.3, 0.4) is 0 Å². The van der Waals surface area contributed by atoms with E-state index in [1.165, 1.54) is 13.1 Å². The predicted molar refractivity (Wildman–Crippen MR) is 53.5 cm³/mol. The molecule has 0 spiro atoms. The SMILES string of the molecule is CC(O)C(NC(=O)Cc1ccn[nH]1)C(=O)O. The lowest BCUT2D eigenvalue weighted by Gasteiger charge is -2.16. The van der Waals surface area contributed by atoms with E-state index in [0.717, 1.165) is 0 Å². The standard InChI is InChI=1S/C9H13N3O4/c1-5(13)8(9(15)16)11-7(14)4-6-2-3-10-12-6/h2-3,5,8,13H,4H2,1H3,(H,10,12)(H,11,14)(H,15,16). The van der Waals surface area contributed by atoms with E-state index in [1.54, 1.807) is 6.07 Å². The number of carbonyl (C=O) groups excluding carboxylic acids is 1. The minimum atomic E-state index is -1.30. The summed E-state index contributed by atoms with van der Waals surface area (Å²) >= 11 is 0. The quantitative estimate of drug-likeness (QED) is 0.509. The number of rotatable bonds is 5. The third-order valence-electron chi connectivity index (χ3n) is 1.97. The summed E-state index contributed by atoms with van der Waals surface area (Å²) in [5.74, 6) is -1.76. The highest BCUT2D eigenvalue weighted by Crippen LogP contribution is 1.97. The molecule has 1 aromatic rings. The summed E-state index contributed by atoms with van der Waals surface area (Å²) in [6, 6.07) is 0.313. The second kappa shape index (κ2) is 5.26. The highest BCUT2D eigenvalue weighted by Gasteiger charge is 2.24. The number of aromatic amines is 1. The first-order valence-corrected chi connectivity index (χ1v) is 4.69. The number of H-pyrrole nitrogens is 1. The fraction of sp³-hybridized carbons (Fsp3) is 0.444. The van der Waals surface area contributed by atoms with E-state index in [9.17, 15) is 9.59 Å². The van der Waals surface area contributed by atoms with Crippen LogP contribution in [0.5, 0.6) is 0 Å². The normalized spacial score (nSPS) is 14.1. The van der Waals surface area contributed by atoms with Crippen molar-refractivity contribution in [3.63, 3.8) is 0 Å². The molecule has 1 amide bonds. The van der Waals surface area contributed by atoms with Crippen LogP contribution in [-0.4, -0.2) is 44.4 Å². The maximum atomic E-state index is 11.4. The summed E-state index contributed by atoms with van der Waals surface area (Å²) in [5, 5.41) is 26.3. The maximum Gasteiger partial charge on any atom is 0.328 e. The molecule has 2 unspecified atom stereocenters. The molecule has 0 aliphatic rings. The zero-order valence-corrected chi connectivity index (χ0v) is 8.67. The largest absolute Gasteiger partial charge is 0.480 e. The number of aliphatic carboxylic acids is 1. The highest BCUT2D eigenvalue weighted by molar-refractivity contribution is 5.84. The van der Waals surface area contributed by atoms with Crippen LogP contribution in [-0.2, 0) is 16.0 Å². The summed E-state index contributed by atoms with van der Waals surface area (Å²) in [5.41, 5.74) is 0.576. The van der Waals surface area contributed by atoms with Crippen LogP contribution in [0.25, 0.3) is 0 Å². The van der Waals surface area contributed by atoms with Crippen molar-refractivity contribution in [1.29, 1.82) is 0 Å². The fourth-order valence-corrected chi connectivity index (χ4v) is 1.17. The van der Waals surface area contributed by atoms with Crippen molar-refractivity contribution in [2.45, 2.75) is 25.5 Å². The number of carboxylic acid groups (broad SMARTS) is 1. The lowest BCUT2D eigenvalue weighted by atomic mass is 10.1. The average molecular weight is 227 g/mol. The van der Waals surface area contributed by atoms with Gasteiger partial charge in [-0.2, -0.15) is 5.10 Å². The summed E-state index contributed by atoms with van der Waals surface area (Å²) in [6.07, 6.45) is 0.339. The van der Waals surface area contributed by atoms with Gasteiger partial charge in [0.2, 0.25) is 5.91 Å². The molecule has 4 N–H and O–H groups in total. The van der Waals surface area contributed by atoms with E-state index in [2.05, 4.69) is 15.5 Å². The third-order valence-corrected chi connectivity index (χ3v) is 1.97. The van der Waals surface area contributed by atoms with E-state index >= 15 is 0 Å². The van der Waals surface area contributed by atoms with Crippen molar-refractivity contribution in [1.82, 2.24) is 15.5 Å². The Morgan fingerprint density at radius 3 is 2.75 bits per heavy atom. The van der Waals surface area contributed by atoms with E-state index in [-0.39, 0.29) is 6.42 Å². The Kier molecular flexibility index (Phi) is 4.01. The number of nitrogens with one attached hydrogen (secondary N) is 2. The molecule has 0 radical (unpaired) electrons. The molecule has 0 fully saturated rings. The predicted octanol–water partition coefficient (Wildman–Crippen LogP) is -1.10. The number of aliphatic hydroxyl groups excluding tert-OH is 1. The molecule has 1 rings (SSSR count). The number of carboxylic acids is 1. The number of carbonyl (C=O) groups is 2. The van der Waals surface area contributed by atoms with Crippen molar-refractivity contribution in [3.05, 3.63) is 18.0 Å². The number of aliphatic hydroxyl groups is 1. The van der Waals surface area contributed by atoms with Crippen LogP contribution in [0.4, 0.5) is 0 Å². The molecular weight excluding hydrogens is 214 g/mol. The van der Waals surface area contributed by atoms with Crippen molar-refractivity contribution in [3.8, 4) is 0 Å². The second-order valence-corrected chi connectivity index (χ2v) is 3.38. The summed E-state index contributed by atoms with van der Waals surface area (Å²) in [7, 11) is 0. The van der Waals surface area contributed by atoms with Gasteiger partial charge in [0.1, 0.15) is 0 Å². The molecule has 1 heterocycles. The molecule has 16 heavy (non-hydrogen) atoms. The number of nitrogens with zero attached hydrogens (tertiary/aromatic N) is 1. The maximum absolute atomic E-state index is 11.4. The van der Waals surface area contributed by atoms with Crippen molar-refractivity contribution in [2.24, 2.45) is 0 Å². The molecule has 1 aromatic heterocycles. The van der Waals surface area contributed by atoms with Gasteiger partial charge in [-0.1, -0.05) is 0 Å². The van der Waals surface area contributed by atoms with Gasteiger partial charge in [0, 0.05) is 11.9 Å². The molecule has 0 bridgehead atoms. The van der Waals surface area contributed by atoms with E-state index in [4.69, 9.17) is 10.2 Å². The summed E-state index contributed by atoms with van der Waals surface area (Å²) in [4.78, 5) is 22.1. The van der Waals surface area contributed by atoms with Gasteiger partial charge in [0.15, 0.2) is 6.04 Å². The van der Waals surface area contributed by atoms with Gasteiger partial charge in [-0.15, -0.1) is 0 Å². The molecule has 2 atom stereocenters. The Morgan fingerprint density at radius 2 is 2.31 bits per heavy atom. The number of amides is 1. The molecular formula is C9H13N3O4. The first-order valence-electron chi connectivity index (χ1n) is 4.69. The first-order chi connectivity index (χ1) is 7.50. The topological polar surface area (TPSA) is 115 Å².